The van der Waals surface area contributed by atoms with E-state index in [1.165, 1.54) is 4.88 Å². The molecule has 2 heterocycles. The van der Waals surface area contributed by atoms with Crippen molar-refractivity contribution in [3.8, 4) is 0 Å². The largest absolute Gasteiger partial charge is 0.454 e. The summed E-state index contributed by atoms with van der Waals surface area (Å²) in [7, 11) is 0. The number of nitrogens with zero attached hydrogens (tertiary/aromatic N) is 1. The summed E-state index contributed by atoms with van der Waals surface area (Å²) in [6, 6.07) is 11.7. The Kier molecular flexibility index (Phi) is 5.09. The van der Waals surface area contributed by atoms with Crippen molar-refractivity contribution >= 4 is 45.6 Å². The molecule has 29 heavy (non-hydrogen) atoms. The summed E-state index contributed by atoms with van der Waals surface area (Å²) in [4.78, 5) is 31.3. The first-order chi connectivity index (χ1) is 13.8. The van der Waals surface area contributed by atoms with E-state index in [0.29, 0.717) is 5.56 Å². The molecule has 0 radical (unpaired) electrons. The Morgan fingerprint density at radius 3 is 2.66 bits per heavy atom. The molecule has 1 aliphatic rings. The number of ketones is 1. The van der Waals surface area contributed by atoms with Gasteiger partial charge in [0, 0.05) is 15.7 Å². The van der Waals surface area contributed by atoms with Gasteiger partial charge in [0.05, 0.1) is 16.8 Å². The number of carbonyl (C=O) groups is 2. The first-order valence-corrected chi connectivity index (χ1v) is 10.6. The van der Waals surface area contributed by atoms with Gasteiger partial charge in [0.2, 0.25) is 0 Å². The molecule has 5 heteroatoms. The van der Waals surface area contributed by atoms with Crippen molar-refractivity contribution in [2.24, 2.45) is 5.41 Å². The number of hydrogen-bond acceptors (Lipinski definition) is 5. The lowest BCUT2D eigenvalue weighted by atomic mass is 9.91. The van der Waals surface area contributed by atoms with Crippen LogP contribution in [0.3, 0.4) is 0 Å². The van der Waals surface area contributed by atoms with Crippen molar-refractivity contribution in [1.82, 2.24) is 4.98 Å². The molecule has 4 rings (SSSR count). The second-order valence-electron chi connectivity index (χ2n) is 8.27. The standard InChI is InChI=1S/C24H23NO3S/c1-24(2,3)20(26)14-28-23(27)21-17-8-4-5-9-19(17)25-22-15(10-11-18(21)22)13-16-7-6-12-29-16/h4-9,12-13H,10-11,14H2,1-3H3/b15-13+. The van der Waals surface area contributed by atoms with E-state index >= 15 is 0 Å². The molecule has 0 bridgehead atoms. The van der Waals surface area contributed by atoms with Gasteiger partial charge >= 0.3 is 5.97 Å². The molecule has 0 unspecified atom stereocenters. The zero-order valence-electron chi connectivity index (χ0n) is 16.8. The summed E-state index contributed by atoms with van der Waals surface area (Å²) in [5.74, 6) is -0.547. The molecule has 148 valence electrons. The Balaban J connectivity index is 1.76. The number of Topliss-reactive ketones (excluding diaryl/α,β-unsaturated/α-hetero) is 1. The molecule has 1 aliphatic carbocycles. The van der Waals surface area contributed by atoms with Crippen molar-refractivity contribution < 1.29 is 14.3 Å². The SMILES string of the molecule is CC(C)(C)C(=O)COC(=O)c1c2c(nc3ccccc13)/C(=C/c1cccs1)CC2. The van der Waals surface area contributed by atoms with Gasteiger partial charge in [-0.15, -0.1) is 11.3 Å². The number of carbonyl (C=O) groups excluding carboxylic acids is 2. The van der Waals surface area contributed by atoms with E-state index in [1.807, 2.05) is 56.5 Å². The van der Waals surface area contributed by atoms with Crippen LogP contribution in [0.5, 0.6) is 0 Å². The van der Waals surface area contributed by atoms with Crippen LogP contribution in [0.1, 0.15) is 53.7 Å². The number of esters is 1. The van der Waals surface area contributed by atoms with E-state index in [9.17, 15) is 9.59 Å². The number of allylic oxidation sites excluding steroid dienone is 1. The number of rotatable bonds is 4. The van der Waals surface area contributed by atoms with Gasteiger partial charge in [0.1, 0.15) is 0 Å². The molecule has 0 aliphatic heterocycles. The van der Waals surface area contributed by atoms with Crippen LogP contribution in [0, 0.1) is 5.41 Å². The molecular formula is C24H23NO3S. The van der Waals surface area contributed by atoms with Crippen LogP contribution in [0.15, 0.2) is 41.8 Å². The Morgan fingerprint density at radius 1 is 1.14 bits per heavy atom. The van der Waals surface area contributed by atoms with Gasteiger partial charge < -0.3 is 4.74 Å². The molecule has 0 N–H and O–H groups in total. The number of fused-ring (bicyclic) bond motifs is 2. The van der Waals surface area contributed by atoms with Crippen LogP contribution < -0.4 is 0 Å². The highest BCUT2D eigenvalue weighted by Gasteiger charge is 2.29. The number of hydrogen-bond donors (Lipinski definition) is 0. The third-order valence-corrected chi connectivity index (χ3v) is 6.00. The Hall–Kier alpha value is -2.79. The highest BCUT2D eigenvalue weighted by atomic mass is 32.1. The number of para-hydroxylation sites is 1. The second-order valence-corrected chi connectivity index (χ2v) is 9.24. The maximum Gasteiger partial charge on any atom is 0.339 e. The van der Waals surface area contributed by atoms with Gasteiger partial charge in [-0.1, -0.05) is 45.0 Å². The summed E-state index contributed by atoms with van der Waals surface area (Å²) in [5, 5.41) is 2.82. The molecular weight excluding hydrogens is 382 g/mol. The fourth-order valence-corrected chi connectivity index (χ4v) is 4.16. The summed E-state index contributed by atoms with van der Waals surface area (Å²) in [6.07, 6.45) is 3.72. The maximum atomic E-state index is 13.1. The molecule has 0 saturated carbocycles. The Bertz CT molecular complexity index is 1120. The predicted molar refractivity (Wildman–Crippen MR) is 117 cm³/mol. The van der Waals surface area contributed by atoms with Crippen LogP contribution in [-0.2, 0) is 16.0 Å². The quantitative estimate of drug-likeness (QED) is 0.534. The topological polar surface area (TPSA) is 56.3 Å². The van der Waals surface area contributed by atoms with Gasteiger partial charge in [-0.25, -0.2) is 9.78 Å². The predicted octanol–water partition coefficient (Wildman–Crippen LogP) is 5.56. The normalized spacial score (nSPS) is 14.9. The third kappa shape index (κ3) is 3.87. The Morgan fingerprint density at radius 2 is 1.93 bits per heavy atom. The maximum absolute atomic E-state index is 13.1. The lowest BCUT2D eigenvalue weighted by Gasteiger charge is -2.17. The average Bonchev–Trinajstić information content (AvgIpc) is 3.34. The summed E-state index contributed by atoms with van der Waals surface area (Å²) in [5.41, 5.74) is 3.68. The lowest BCUT2D eigenvalue weighted by Crippen LogP contribution is -2.26. The zero-order valence-corrected chi connectivity index (χ0v) is 17.6. The number of benzene rings is 1. The van der Waals surface area contributed by atoms with Gasteiger partial charge in [-0.3, -0.25) is 4.79 Å². The van der Waals surface area contributed by atoms with Crippen molar-refractivity contribution in [2.45, 2.75) is 33.6 Å². The van der Waals surface area contributed by atoms with Crippen LogP contribution in [-0.4, -0.2) is 23.3 Å². The molecule has 0 spiro atoms. The van der Waals surface area contributed by atoms with Gasteiger partial charge in [-0.05, 0) is 47.6 Å². The molecule has 0 amide bonds. The van der Waals surface area contributed by atoms with Crippen molar-refractivity contribution in [2.75, 3.05) is 6.61 Å². The number of ether oxygens (including phenoxy) is 1. The third-order valence-electron chi connectivity index (χ3n) is 5.18. The number of aromatic nitrogens is 1. The number of thiophene rings is 1. The van der Waals surface area contributed by atoms with E-state index in [-0.39, 0.29) is 12.4 Å². The minimum atomic E-state index is -0.543. The van der Waals surface area contributed by atoms with Crippen LogP contribution in [0.2, 0.25) is 0 Å². The monoisotopic (exact) mass is 405 g/mol. The van der Waals surface area contributed by atoms with E-state index in [4.69, 9.17) is 9.72 Å². The first kappa shape index (κ1) is 19.5. The summed E-state index contributed by atoms with van der Waals surface area (Å²) >= 11 is 1.68. The minimum Gasteiger partial charge on any atom is -0.454 e. The fourth-order valence-electron chi connectivity index (χ4n) is 3.48. The van der Waals surface area contributed by atoms with E-state index in [2.05, 4.69) is 12.1 Å². The van der Waals surface area contributed by atoms with Gasteiger partial charge in [-0.2, -0.15) is 0 Å². The molecule has 1 aromatic carbocycles. The summed E-state index contributed by atoms with van der Waals surface area (Å²) in [6.45, 7) is 5.25. The first-order valence-electron chi connectivity index (χ1n) is 9.71. The molecule has 4 nitrogen and oxygen atoms in total. The molecule has 0 fully saturated rings. The average molecular weight is 406 g/mol. The van der Waals surface area contributed by atoms with Crippen LogP contribution in [0.4, 0.5) is 0 Å². The van der Waals surface area contributed by atoms with E-state index in [1.54, 1.807) is 11.3 Å². The van der Waals surface area contributed by atoms with Crippen LogP contribution >= 0.6 is 11.3 Å². The smallest absolute Gasteiger partial charge is 0.339 e. The van der Waals surface area contributed by atoms with Crippen molar-refractivity contribution in [1.29, 1.82) is 0 Å². The fraction of sp³-hybridized carbons (Fsp3) is 0.292. The summed E-state index contributed by atoms with van der Waals surface area (Å²) < 4.78 is 5.46. The highest BCUT2D eigenvalue weighted by Crippen LogP contribution is 2.38. The molecule has 3 aromatic rings. The molecule has 0 saturated heterocycles. The van der Waals surface area contributed by atoms with Crippen molar-refractivity contribution in [3.63, 3.8) is 0 Å². The second kappa shape index (κ2) is 7.56. The van der Waals surface area contributed by atoms with Gasteiger partial charge in [0.25, 0.3) is 0 Å². The Labute approximate surface area is 174 Å². The minimum absolute atomic E-state index is 0.0980. The van der Waals surface area contributed by atoms with Gasteiger partial charge in [0.15, 0.2) is 12.4 Å². The van der Waals surface area contributed by atoms with Crippen molar-refractivity contribution in [3.05, 3.63) is 63.5 Å². The number of pyridine rings is 1. The van der Waals surface area contributed by atoms with Crippen LogP contribution in [0.25, 0.3) is 22.6 Å². The zero-order chi connectivity index (χ0) is 20.6. The molecule has 0 atom stereocenters. The highest BCUT2D eigenvalue weighted by molar-refractivity contribution is 7.10. The van der Waals surface area contributed by atoms with E-state index < -0.39 is 11.4 Å². The molecule has 2 aromatic heterocycles. The lowest BCUT2D eigenvalue weighted by molar-refractivity contribution is -0.129. The van der Waals surface area contributed by atoms with E-state index in [0.717, 1.165) is 40.6 Å².